The number of pyridine rings is 2. The molecule has 9 heteroatoms. The average molecular weight is 601 g/mol. The van der Waals surface area contributed by atoms with Gasteiger partial charge < -0.3 is 11.1 Å². The molecule has 0 amide bonds. The van der Waals surface area contributed by atoms with Gasteiger partial charge in [-0.15, -0.1) is 0 Å². The van der Waals surface area contributed by atoms with Gasteiger partial charge in [0.1, 0.15) is 22.4 Å². The minimum Gasteiger partial charge on any atom is -0.367 e. The van der Waals surface area contributed by atoms with Gasteiger partial charge in [0.25, 0.3) is 0 Å². The van der Waals surface area contributed by atoms with Crippen LogP contribution in [0, 0.1) is 27.7 Å². The standard InChI is InChI=1S/C17H22N4.C11H10ClN3.C6H13N/c1-12-7-6-10-15(18-12)17-19-13(2)11-16(21-17)20-14-8-4-3-5-9-14;1-7-4-3-5-9(13-7)11-14-8(2)6-10(12)15-11;7-6-4-2-1-3-5-6/h6-7,10-11,14H,3-5,8-9H2,1-2H3,(H,19,20,21);3-6H,1-2H3;6H,1-5,7H2. The molecular weight excluding hydrogens is 556 g/mol. The lowest BCUT2D eigenvalue weighted by Gasteiger charge is -2.23. The third-order valence-corrected chi connectivity index (χ3v) is 7.71. The second-order valence-corrected chi connectivity index (χ2v) is 12.0. The Labute approximate surface area is 261 Å². The number of anilines is 1. The van der Waals surface area contributed by atoms with Crippen LogP contribution in [0.2, 0.25) is 5.15 Å². The highest BCUT2D eigenvalue weighted by atomic mass is 35.5. The summed E-state index contributed by atoms with van der Waals surface area (Å²) < 4.78 is 0. The quantitative estimate of drug-likeness (QED) is 0.226. The van der Waals surface area contributed by atoms with E-state index in [0.29, 0.717) is 28.9 Å². The summed E-state index contributed by atoms with van der Waals surface area (Å²) in [4.78, 5) is 26.5. The highest BCUT2D eigenvalue weighted by Crippen LogP contribution is 2.23. The van der Waals surface area contributed by atoms with Gasteiger partial charge in [0.2, 0.25) is 0 Å². The number of rotatable bonds is 4. The van der Waals surface area contributed by atoms with Crippen molar-refractivity contribution in [1.82, 2.24) is 29.9 Å². The van der Waals surface area contributed by atoms with Gasteiger partial charge in [0, 0.05) is 40.9 Å². The molecule has 0 saturated heterocycles. The van der Waals surface area contributed by atoms with E-state index in [4.69, 9.17) is 17.3 Å². The largest absolute Gasteiger partial charge is 0.367 e. The fraction of sp³-hybridized carbons (Fsp3) is 0.471. The van der Waals surface area contributed by atoms with Crippen LogP contribution in [0.5, 0.6) is 0 Å². The molecule has 2 fully saturated rings. The van der Waals surface area contributed by atoms with E-state index < -0.39 is 0 Å². The van der Waals surface area contributed by atoms with E-state index in [1.54, 1.807) is 6.07 Å². The first kappa shape index (κ1) is 32.4. The average Bonchev–Trinajstić information content (AvgIpc) is 2.98. The van der Waals surface area contributed by atoms with Crippen LogP contribution in [-0.2, 0) is 0 Å². The Morgan fingerprint density at radius 2 is 1.12 bits per heavy atom. The van der Waals surface area contributed by atoms with E-state index in [2.05, 4.69) is 35.2 Å². The molecule has 0 aliphatic heterocycles. The fourth-order valence-electron chi connectivity index (χ4n) is 5.33. The maximum absolute atomic E-state index is 5.86. The molecule has 2 aliphatic carbocycles. The van der Waals surface area contributed by atoms with Crippen LogP contribution in [-0.4, -0.2) is 42.0 Å². The summed E-state index contributed by atoms with van der Waals surface area (Å²) in [5.74, 6) is 2.20. The number of nitrogens with zero attached hydrogens (tertiary/aromatic N) is 6. The Morgan fingerprint density at radius 3 is 1.60 bits per heavy atom. The number of hydrogen-bond acceptors (Lipinski definition) is 8. The molecule has 6 rings (SSSR count). The Morgan fingerprint density at radius 1 is 0.605 bits per heavy atom. The van der Waals surface area contributed by atoms with Crippen molar-refractivity contribution in [3.8, 4) is 23.0 Å². The van der Waals surface area contributed by atoms with Crippen LogP contribution in [0.15, 0.2) is 48.5 Å². The van der Waals surface area contributed by atoms with Gasteiger partial charge in [-0.1, -0.05) is 62.3 Å². The minimum absolute atomic E-state index is 0.445. The summed E-state index contributed by atoms with van der Waals surface area (Å²) in [7, 11) is 0. The number of aryl methyl sites for hydroxylation is 4. The highest BCUT2D eigenvalue weighted by molar-refractivity contribution is 6.29. The molecule has 0 atom stereocenters. The normalized spacial score (nSPS) is 15.5. The van der Waals surface area contributed by atoms with Gasteiger partial charge in [0.15, 0.2) is 11.6 Å². The molecule has 8 nitrogen and oxygen atoms in total. The molecule has 0 unspecified atom stereocenters. The van der Waals surface area contributed by atoms with Crippen LogP contribution in [0.1, 0.15) is 87.0 Å². The summed E-state index contributed by atoms with van der Waals surface area (Å²) in [5, 5.41) is 4.01. The summed E-state index contributed by atoms with van der Waals surface area (Å²) in [6.07, 6.45) is 13.1. The van der Waals surface area contributed by atoms with E-state index in [1.165, 1.54) is 64.2 Å². The molecular formula is C34H45ClN8. The first-order valence-electron chi connectivity index (χ1n) is 15.5. The first-order chi connectivity index (χ1) is 20.7. The zero-order valence-corrected chi connectivity index (χ0v) is 26.7. The molecule has 4 aromatic rings. The van der Waals surface area contributed by atoms with Crippen molar-refractivity contribution < 1.29 is 0 Å². The Balaban J connectivity index is 0.000000167. The molecule has 0 aromatic carbocycles. The molecule has 2 aliphatic rings. The van der Waals surface area contributed by atoms with Crippen molar-refractivity contribution in [2.24, 2.45) is 5.73 Å². The monoisotopic (exact) mass is 600 g/mol. The van der Waals surface area contributed by atoms with Crippen molar-refractivity contribution in [2.45, 2.75) is 104 Å². The van der Waals surface area contributed by atoms with Crippen molar-refractivity contribution in [1.29, 1.82) is 0 Å². The van der Waals surface area contributed by atoms with Gasteiger partial charge >= 0.3 is 0 Å². The second kappa shape index (κ2) is 16.4. The summed E-state index contributed by atoms with van der Waals surface area (Å²) in [6.45, 7) is 7.81. The summed E-state index contributed by atoms with van der Waals surface area (Å²) in [6, 6.07) is 16.5. The third kappa shape index (κ3) is 10.9. The van der Waals surface area contributed by atoms with Gasteiger partial charge in [-0.05, 0) is 83.7 Å². The molecule has 4 heterocycles. The first-order valence-corrected chi connectivity index (χ1v) is 15.9. The third-order valence-electron chi connectivity index (χ3n) is 7.52. The van der Waals surface area contributed by atoms with E-state index in [1.807, 2.05) is 70.2 Å². The molecule has 2 saturated carbocycles. The molecule has 3 N–H and O–H groups in total. The number of aromatic nitrogens is 6. The molecule has 43 heavy (non-hydrogen) atoms. The lowest BCUT2D eigenvalue weighted by atomic mass is 9.95. The predicted molar refractivity (Wildman–Crippen MR) is 176 cm³/mol. The predicted octanol–water partition coefficient (Wildman–Crippen LogP) is 7.99. The van der Waals surface area contributed by atoms with Crippen molar-refractivity contribution >= 4 is 17.4 Å². The molecule has 0 bridgehead atoms. The lowest BCUT2D eigenvalue weighted by molar-refractivity contribution is 0.441. The van der Waals surface area contributed by atoms with Crippen molar-refractivity contribution in [3.05, 3.63) is 76.5 Å². The van der Waals surface area contributed by atoms with E-state index in [9.17, 15) is 0 Å². The fourth-order valence-corrected chi connectivity index (χ4v) is 5.57. The number of nitrogens with two attached hydrogens (primary N) is 1. The SMILES string of the molecule is Cc1cccc(-c2nc(C)cc(Cl)n2)n1.Cc1cccc(-c2nc(C)cc(NC3CCCCC3)n2)n1.NC1CCCCC1. The zero-order chi connectivity index (χ0) is 30.6. The smallest absolute Gasteiger partial charge is 0.180 e. The molecule has 0 radical (unpaired) electrons. The number of halogens is 1. The number of hydrogen-bond donors (Lipinski definition) is 2. The van der Waals surface area contributed by atoms with Crippen LogP contribution in [0.25, 0.3) is 23.0 Å². The Bertz CT molecular complexity index is 1430. The second-order valence-electron chi connectivity index (χ2n) is 11.6. The van der Waals surface area contributed by atoms with Crippen LogP contribution < -0.4 is 11.1 Å². The maximum atomic E-state index is 5.86. The van der Waals surface area contributed by atoms with Crippen LogP contribution in [0.4, 0.5) is 5.82 Å². The van der Waals surface area contributed by atoms with E-state index >= 15 is 0 Å². The lowest BCUT2D eigenvalue weighted by Crippen LogP contribution is -2.23. The van der Waals surface area contributed by atoms with Gasteiger partial charge in [-0.3, -0.25) is 0 Å². The van der Waals surface area contributed by atoms with Crippen LogP contribution >= 0.6 is 11.6 Å². The zero-order valence-electron chi connectivity index (χ0n) is 26.0. The van der Waals surface area contributed by atoms with Crippen molar-refractivity contribution in [3.63, 3.8) is 0 Å². The number of nitrogens with one attached hydrogen (secondary N) is 1. The van der Waals surface area contributed by atoms with Gasteiger partial charge in [0.05, 0.1) is 0 Å². The Kier molecular flexibility index (Phi) is 12.4. The molecule has 4 aromatic heterocycles. The van der Waals surface area contributed by atoms with Gasteiger partial charge in [-0.25, -0.2) is 29.9 Å². The Hall–Kier alpha value is -3.49. The van der Waals surface area contributed by atoms with E-state index in [-0.39, 0.29) is 0 Å². The topological polar surface area (TPSA) is 115 Å². The van der Waals surface area contributed by atoms with E-state index in [0.717, 1.165) is 40.0 Å². The maximum Gasteiger partial charge on any atom is 0.180 e. The minimum atomic E-state index is 0.445. The highest BCUT2D eigenvalue weighted by Gasteiger charge is 2.15. The molecule has 0 spiro atoms. The van der Waals surface area contributed by atoms with Crippen molar-refractivity contribution in [2.75, 3.05) is 5.32 Å². The summed E-state index contributed by atoms with van der Waals surface area (Å²) >= 11 is 5.86. The van der Waals surface area contributed by atoms with Gasteiger partial charge in [-0.2, -0.15) is 0 Å². The summed E-state index contributed by atoms with van der Waals surface area (Å²) in [5.41, 5.74) is 11.0. The van der Waals surface area contributed by atoms with Crippen LogP contribution in [0.3, 0.4) is 0 Å². The molecule has 228 valence electrons.